The molecule has 1 heterocycles. The molecule has 0 fully saturated rings. The quantitative estimate of drug-likeness (QED) is 0.409. The molecule has 0 saturated heterocycles. The molecule has 2 rings (SSSR count). The second-order valence-corrected chi connectivity index (χ2v) is 4.84. The molecule has 2 N–H and O–H groups in total. The van der Waals surface area contributed by atoms with Crippen molar-refractivity contribution in [3.63, 3.8) is 0 Å². The highest BCUT2D eigenvalue weighted by Crippen LogP contribution is 2.09. The van der Waals surface area contributed by atoms with Gasteiger partial charge in [0.1, 0.15) is 5.82 Å². The van der Waals surface area contributed by atoms with Crippen molar-refractivity contribution in [3.05, 3.63) is 59.5 Å². The number of nitrogens with zero attached hydrogens (tertiary/aromatic N) is 2. The number of halogens is 2. The van der Waals surface area contributed by atoms with Gasteiger partial charge in [0.05, 0.1) is 6.61 Å². The lowest BCUT2D eigenvalue weighted by Gasteiger charge is -2.12. The van der Waals surface area contributed by atoms with E-state index in [-0.39, 0.29) is 29.8 Å². The fourth-order valence-electron chi connectivity index (χ4n) is 2.03. The van der Waals surface area contributed by atoms with E-state index in [0.29, 0.717) is 31.5 Å². The Morgan fingerprint density at radius 2 is 1.88 bits per heavy atom. The van der Waals surface area contributed by atoms with E-state index in [2.05, 4.69) is 20.6 Å². The number of hydrogen-bond donors (Lipinski definition) is 2. The van der Waals surface area contributed by atoms with E-state index >= 15 is 0 Å². The van der Waals surface area contributed by atoms with Crippen molar-refractivity contribution in [3.8, 4) is 5.88 Å². The maximum absolute atomic E-state index is 13.2. The number of aromatic nitrogens is 1. The first-order valence-electron chi connectivity index (χ1n) is 7.48. The number of hydrogen-bond acceptors (Lipinski definition) is 3. The average molecular weight is 444 g/mol. The van der Waals surface area contributed by atoms with E-state index in [1.807, 2.05) is 25.1 Å². The molecule has 7 heteroatoms. The van der Waals surface area contributed by atoms with E-state index in [1.165, 1.54) is 12.1 Å². The van der Waals surface area contributed by atoms with Crippen LogP contribution in [0.2, 0.25) is 0 Å². The highest BCUT2D eigenvalue weighted by molar-refractivity contribution is 14.0. The van der Waals surface area contributed by atoms with Crippen LogP contribution < -0.4 is 15.4 Å². The summed E-state index contributed by atoms with van der Waals surface area (Å²) in [5, 5.41) is 6.35. The van der Waals surface area contributed by atoms with Gasteiger partial charge in [-0.15, -0.1) is 24.0 Å². The molecule has 2 aromatic rings. The number of ether oxygens (including phenoxy) is 1. The van der Waals surface area contributed by atoms with Crippen LogP contribution in [0.4, 0.5) is 4.39 Å². The summed E-state index contributed by atoms with van der Waals surface area (Å²) in [6, 6.07) is 10.3. The molecule has 130 valence electrons. The van der Waals surface area contributed by atoms with Crippen LogP contribution in [0.25, 0.3) is 0 Å². The highest BCUT2D eigenvalue weighted by atomic mass is 127. The van der Waals surface area contributed by atoms with E-state index in [4.69, 9.17) is 4.74 Å². The molecular weight excluding hydrogens is 422 g/mol. The smallest absolute Gasteiger partial charge is 0.213 e. The predicted molar refractivity (Wildman–Crippen MR) is 104 cm³/mol. The SMILES string of the molecule is CCOc1cc(CNC(=NC)NCc2cccc(F)c2)ccn1.I. The first kappa shape index (κ1) is 20.1. The third-order valence-electron chi connectivity index (χ3n) is 3.12. The molecule has 0 spiro atoms. The summed E-state index contributed by atoms with van der Waals surface area (Å²) < 4.78 is 18.5. The average Bonchev–Trinajstić information content (AvgIpc) is 2.56. The first-order valence-corrected chi connectivity index (χ1v) is 7.48. The van der Waals surface area contributed by atoms with Crippen LogP contribution in [-0.2, 0) is 13.1 Å². The standard InChI is InChI=1S/C17H21FN4O.HI/c1-3-23-16-10-14(7-8-20-16)12-22-17(19-2)21-11-13-5-4-6-15(18)9-13;/h4-10H,3,11-12H2,1-2H3,(H2,19,21,22);1H. The van der Waals surface area contributed by atoms with Gasteiger partial charge in [0.25, 0.3) is 0 Å². The minimum absolute atomic E-state index is 0. The van der Waals surface area contributed by atoms with Gasteiger partial charge in [-0.3, -0.25) is 4.99 Å². The van der Waals surface area contributed by atoms with Gasteiger partial charge < -0.3 is 15.4 Å². The van der Waals surface area contributed by atoms with Gasteiger partial charge in [-0.1, -0.05) is 12.1 Å². The fourth-order valence-corrected chi connectivity index (χ4v) is 2.03. The molecule has 0 aliphatic heterocycles. The number of aliphatic imine (C=N–C) groups is 1. The molecule has 5 nitrogen and oxygen atoms in total. The van der Waals surface area contributed by atoms with Crippen molar-refractivity contribution in [1.82, 2.24) is 15.6 Å². The number of rotatable bonds is 6. The topological polar surface area (TPSA) is 58.5 Å². The van der Waals surface area contributed by atoms with Gasteiger partial charge in [-0.2, -0.15) is 0 Å². The summed E-state index contributed by atoms with van der Waals surface area (Å²) >= 11 is 0. The molecule has 1 aromatic heterocycles. The molecule has 1 aromatic carbocycles. The lowest BCUT2D eigenvalue weighted by Crippen LogP contribution is -2.36. The van der Waals surface area contributed by atoms with Gasteiger partial charge in [0.2, 0.25) is 5.88 Å². The van der Waals surface area contributed by atoms with Gasteiger partial charge >= 0.3 is 0 Å². The second-order valence-electron chi connectivity index (χ2n) is 4.84. The van der Waals surface area contributed by atoms with Crippen molar-refractivity contribution in [2.24, 2.45) is 4.99 Å². The summed E-state index contributed by atoms with van der Waals surface area (Å²) in [4.78, 5) is 8.28. The van der Waals surface area contributed by atoms with Crippen molar-refractivity contribution in [2.75, 3.05) is 13.7 Å². The molecule has 24 heavy (non-hydrogen) atoms. The Bertz CT molecular complexity index is 667. The zero-order valence-electron chi connectivity index (χ0n) is 13.8. The van der Waals surface area contributed by atoms with Crippen molar-refractivity contribution < 1.29 is 9.13 Å². The largest absolute Gasteiger partial charge is 0.478 e. The minimum atomic E-state index is -0.243. The highest BCUT2D eigenvalue weighted by Gasteiger charge is 2.02. The Hall–Kier alpha value is -1.90. The summed E-state index contributed by atoms with van der Waals surface area (Å²) in [6.45, 7) is 3.59. The maximum Gasteiger partial charge on any atom is 0.213 e. The Balaban J connectivity index is 0.00000288. The van der Waals surface area contributed by atoms with Gasteiger partial charge in [0.15, 0.2) is 5.96 Å². The summed E-state index contributed by atoms with van der Waals surface area (Å²) in [5.41, 5.74) is 1.90. The monoisotopic (exact) mass is 444 g/mol. The molecular formula is C17H22FIN4O. The zero-order chi connectivity index (χ0) is 16.5. The number of benzene rings is 1. The summed E-state index contributed by atoms with van der Waals surface area (Å²) in [7, 11) is 1.69. The summed E-state index contributed by atoms with van der Waals surface area (Å²) in [6.07, 6.45) is 1.71. The second kappa shape index (κ2) is 10.8. The fraction of sp³-hybridized carbons (Fsp3) is 0.294. The van der Waals surface area contributed by atoms with Gasteiger partial charge in [0, 0.05) is 32.4 Å². The number of guanidine groups is 1. The molecule has 0 aliphatic rings. The van der Waals surface area contributed by atoms with Crippen LogP contribution in [0.15, 0.2) is 47.6 Å². The molecule has 0 atom stereocenters. The van der Waals surface area contributed by atoms with E-state index in [1.54, 1.807) is 19.3 Å². The van der Waals surface area contributed by atoms with Crippen molar-refractivity contribution in [2.45, 2.75) is 20.0 Å². The Labute approximate surface area is 158 Å². The third-order valence-corrected chi connectivity index (χ3v) is 3.12. The van der Waals surface area contributed by atoms with Gasteiger partial charge in [-0.05, 0) is 36.2 Å². The molecule has 0 unspecified atom stereocenters. The Morgan fingerprint density at radius 1 is 1.17 bits per heavy atom. The van der Waals surface area contributed by atoms with Crippen LogP contribution in [0.5, 0.6) is 5.88 Å². The Kier molecular flexibility index (Phi) is 9.06. The molecule has 0 bridgehead atoms. The zero-order valence-corrected chi connectivity index (χ0v) is 16.1. The van der Waals surface area contributed by atoms with Crippen molar-refractivity contribution in [1.29, 1.82) is 0 Å². The predicted octanol–water partition coefficient (Wildman–Crippen LogP) is 3.10. The van der Waals surface area contributed by atoms with Crippen molar-refractivity contribution >= 4 is 29.9 Å². The van der Waals surface area contributed by atoms with Crippen LogP contribution in [0, 0.1) is 5.82 Å². The summed E-state index contributed by atoms with van der Waals surface area (Å²) in [5.74, 6) is 1.01. The normalized spacial score (nSPS) is 10.7. The van der Waals surface area contributed by atoms with E-state index in [9.17, 15) is 4.39 Å². The maximum atomic E-state index is 13.2. The lowest BCUT2D eigenvalue weighted by atomic mass is 10.2. The minimum Gasteiger partial charge on any atom is -0.478 e. The molecule has 0 saturated carbocycles. The van der Waals surface area contributed by atoms with Crippen LogP contribution in [0.3, 0.4) is 0 Å². The third kappa shape index (κ3) is 6.69. The number of nitrogens with one attached hydrogen (secondary N) is 2. The number of pyridine rings is 1. The van der Waals surface area contributed by atoms with E-state index < -0.39 is 0 Å². The molecule has 0 aliphatic carbocycles. The first-order chi connectivity index (χ1) is 11.2. The molecule has 0 radical (unpaired) electrons. The Morgan fingerprint density at radius 3 is 2.50 bits per heavy atom. The molecule has 0 amide bonds. The lowest BCUT2D eigenvalue weighted by molar-refractivity contribution is 0.326. The van der Waals surface area contributed by atoms with Gasteiger partial charge in [-0.25, -0.2) is 9.37 Å². The van der Waals surface area contributed by atoms with Crippen LogP contribution in [-0.4, -0.2) is 24.6 Å². The van der Waals surface area contributed by atoms with Crippen LogP contribution >= 0.6 is 24.0 Å². The van der Waals surface area contributed by atoms with E-state index in [0.717, 1.165) is 11.1 Å². The van der Waals surface area contributed by atoms with Crippen LogP contribution in [0.1, 0.15) is 18.1 Å².